The molecule has 68 valence electrons. The maximum Gasteiger partial charge on any atom is 0.172 e. The zero-order chi connectivity index (χ0) is 9.42. The van der Waals surface area contributed by atoms with Gasteiger partial charge in [0.2, 0.25) is 0 Å². The van der Waals surface area contributed by atoms with Crippen molar-refractivity contribution in [3.8, 4) is 5.06 Å². The van der Waals surface area contributed by atoms with E-state index >= 15 is 0 Å². The number of rotatable bonds is 1. The Morgan fingerprint density at radius 3 is 2.92 bits per heavy atom. The van der Waals surface area contributed by atoms with Crippen LogP contribution in [-0.4, -0.2) is 11.4 Å². The lowest BCUT2D eigenvalue weighted by atomic mass is 10.3. The Balaban J connectivity index is 2.78. The van der Waals surface area contributed by atoms with Crippen molar-refractivity contribution in [1.82, 2.24) is 0 Å². The second-order valence-corrected chi connectivity index (χ2v) is 5.26. The van der Waals surface area contributed by atoms with Gasteiger partial charge in [-0.1, -0.05) is 17.4 Å². The van der Waals surface area contributed by atoms with Crippen LogP contribution in [0.15, 0.2) is 27.6 Å². The first-order valence-electron chi connectivity index (χ1n) is 3.67. The quantitative estimate of drug-likeness (QED) is 0.791. The zero-order valence-corrected chi connectivity index (χ0v) is 10.1. The second-order valence-electron chi connectivity index (χ2n) is 2.58. The van der Waals surface area contributed by atoms with Crippen molar-refractivity contribution < 1.29 is 5.11 Å². The fourth-order valence-corrected chi connectivity index (χ4v) is 3.67. The van der Waals surface area contributed by atoms with E-state index in [9.17, 15) is 5.11 Å². The molecule has 1 heterocycles. The second kappa shape index (κ2) is 3.52. The third kappa shape index (κ3) is 1.58. The van der Waals surface area contributed by atoms with Crippen LogP contribution < -0.4 is 0 Å². The summed E-state index contributed by atoms with van der Waals surface area (Å²) >= 11 is 6.64. The summed E-state index contributed by atoms with van der Waals surface area (Å²) in [4.78, 5) is 1.20. The van der Waals surface area contributed by atoms with Crippen molar-refractivity contribution in [1.29, 1.82) is 0 Å². The average molecular weight is 275 g/mol. The maximum absolute atomic E-state index is 9.34. The summed E-state index contributed by atoms with van der Waals surface area (Å²) in [6.45, 7) is 0. The van der Waals surface area contributed by atoms with E-state index in [0.717, 1.165) is 14.6 Å². The van der Waals surface area contributed by atoms with Gasteiger partial charge in [-0.15, -0.1) is 11.8 Å². The minimum absolute atomic E-state index is 0.369. The summed E-state index contributed by atoms with van der Waals surface area (Å²) in [7, 11) is 0. The van der Waals surface area contributed by atoms with Crippen LogP contribution in [0, 0.1) is 0 Å². The lowest BCUT2D eigenvalue weighted by Crippen LogP contribution is -1.72. The monoisotopic (exact) mass is 274 g/mol. The highest BCUT2D eigenvalue weighted by atomic mass is 79.9. The van der Waals surface area contributed by atoms with Crippen LogP contribution in [0.1, 0.15) is 0 Å². The molecule has 1 nitrogen and oxygen atoms in total. The van der Waals surface area contributed by atoms with Gasteiger partial charge in [-0.05, 0) is 39.7 Å². The largest absolute Gasteiger partial charge is 0.499 e. The molecule has 0 bridgehead atoms. The molecule has 1 aromatic heterocycles. The van der Waals surface area contributed by atoms with Gasteiger partial charge in [0.25, 0.3) is 0 Å². The number of hydrogen-bond donors (Lipinski definition) is 1. The fourth-order valence-electron chi connectivity index (χ4n) is 1.20. The summed E-state index contributed by atoms with van der Waals surface area (Å²) in [5, 5.41) is 10.8. The molecule has 0 fully saturated rings. The number of aromatic hydroxyl groups is 1. The molecule has 13 heavy (non-hydrogen) atoms. The Morgan fingerprint density at radius 1 is 1.46 bits per heavy atom. The van der Waals surface area contributed by atoms with Crippen LogP contribution in [0.25, 0.3) is 10.1 Å². The molecule has 0 saturated heterocycles. The molecule has 0 saturated carbocycles. The highest BCUT2D eigenvalue weighted by Crippen LogP contribution is 2.40. The van der Waals surface area contributed by atoms with Crippen molar-refractivity contribution in [3.05, 3.63) is 22.7 Å². The molecule has 0 aliphatic rings. The molecule has 2 rings (SSSR count). The Labute approximate surface area is 92.9 Å². The van der Waals surface area contributed by atoms with Crippen LogP contribution in [0.4, 0.5) is 0 Å². The van der Waals surface area contributed by atoms with Crippen molar-refractivity contribution in [2.24, 2.45) is 0 Å². The van der Waals surface area contributed by atoms with E-state index in [4.69, 9.17) is 0 Å². The molecule has 0 unspecified atom stereocenters. The van der Waals surface area contributed by atoms with E-state index in [-0.39, 0.29) is 0 Å². The molecule has 2 aromatic rings. The topological polar surface area (TPSA) is 20.2 Å². The number of benzene rings is 1. The van der Waals surface area contributed by atoms with E-state index in [1.165, 1.54) is 16.2 Å². The molecule has 0 amide bonds. The molecular weight excluding hydrogens is 268 g/mol. The standard InChI is InChI=1S/C9H7BrOS2/c1-12-6-3-2-5-4-7(11)13-9(5)8(6)10/h2-4,11H,1H3. The third-order valence-corrected chi connectivity index (χ3v) is 4.90. The van der Waals surface area contributed by atoms with Gasteiger partial charge in [0.05, 0.1) is 4.70 Å². The first kappa shape index (κ1) is 9.37. The van der Waals surface area contributed by atoms with Gasteiger partial charge in [-0.25, -0.2) is 0 Å². The van der Waals surface area contributed by atoms with Crippen molar-refractivity contribution >= 4 is 49.1 Å². The number of fused-ring (bicyclic) bond motifs is 1. The molecule has 4 heteroatoms. The number of thiophene rings is 1. The van der Waals surface area contributed by atoms with E-state index in [1.807, 2.05) is 12.3 Å². The van der Waals surface area contributed by atoms with Crippen LogP contribution in [0.5, 0.6) is 5.06 Å². The molecule has 1 aromatic carbocycles. The van der Waals surface area contributed by atoms with Gasteiger partial charge >= 0.3 is 0 Å². The average Bonchev–Trinajstić information content (AvgIpc) is 2.47. The molecule has 0 aliphatic heterocycles. The summed E-state index contributed by atoms with van der Waals surface area (Å²) < 4.78 is 2.20. The first-order chi connectivity index (χ1) is 6.22. The lowest BCUT2D eigenvalue weighted by Gasteiger charge is -2.00. The van der Waals surface area contributed by atoms with Crippen molar-refractivity contribution in [2.45, 2.75) is 4.90 Å². The van der Waals surface area contributed by atoms with Gasteiger partial charge < -0.3 is 5.11 Å². The predicted octanol–water partition coefficient (Wildman–Crippen LogP) is 4.09. The molecule has 1 N–H and O–H groups in total. The first-order valence-corrected chi connectivity index (χ1v) is 6.51. The summed E-state index contributed by atoms with van der Waals surface area (Å²) in [6, 6.07) is 5.88. The van der Waals surface area contributed by atoms with E-state index in [0.29, 0.717) is 5.06 Å². The normalized spacial score (nSPS) is 10.9. The van der Waals surface area contributed by atoms with Crippen molar-refractivity contribution in [3.63, 3.8) is 0 Å². The van der Waals surface area contributed by atoms with Crippen LogP contribution in [0.3, 0.4) is 0 Å². The van der Waals surface area contributed by atoms with Crippen LogP contribution >= 0.6 is 39.0 Å². The number of halogens is 1. The SMILES string of the molecule is CSc1ccc2cc(O)sc2c1Br. The van der Waals surface area contributed by atoms with Gasteiger partial charge in [0.1, 0.15) is 0 Å². The fraction of sp³-hybridized carbons (Fsp3) is 0.111. The summed E-state index contributed by atoms with van der Waals surface area (Å²) in [5.74, 6) is 0. The Hall–Kier alpha value is -0.190. The number of hydrogen-bond acceptors (Lipinski definition) is 3. The van der Waals surface area contributed by atoms with Crippen LogP contribution in [-0.2, 0) is 0 Å². The van der Waals surface area contributed by atoms with E-state index in [1.54, 1.807) is 17.8 Å². The molecular formula is C9H7BrOS2. The van der Waals surface area contributed by atoms with Crippen molar-refractivity contribution in [2.75, 3.05) is 6.26 Å². The molecule has 0 spiro atoms. The smallest absolute Gasteiger partial charge is 0.172 e. The third-order valence-electron chi connectivity index (χ3n) is 1.80. The van der Waals surface area contributed by atoms with Gasteiger partial charge in [0.15, 0.2) is 5.06 Å². The zero-order valence-electron chi connectivity index (χ0n) is 6.87. The Kier molecular flexibility index (Phi) is 2.53. The minimum Gasteiger partial charge on any atom is -0.499 e. The molecule has 0 atom stereocenters. The minimum atomic E-state index is 0.369. The van der Waals surface area contributed by atoms with Gasteiger partial charge in [-0.3, -0.25) is 0 Å². The Bertz CT molecular complexity index is 450. The van der Waals surface area contributed by atoms with E-state index in [2.05, 4.69) is 22.0 Å². The number of thioether (sulfide) groups is 1. The predicted molar refractivity (Wildman–Crippen MR) is 63.0 cm³/mol. The summed E-state index contributed by atoms with van der Waals surface area (Å²) in [6.07, 6.45) is 2.04. The molecule has 0 radical (unpaired) electrons. The highest BCUT2D eigenvalue weighted by molar-refractivity contribution is 9.10. The highest BCUT2D eigenvalue weighted by Gasteiger charge is 2.07. The van der Waals surface area contributed by atoms with Gasteiger partial charge in [0, 0.05) is 9.37 Å². The Morgan fingerprint density at radius 2 is 2.23 bits per heavy atom. The summed E-state index contributed by atoms with van der Waals surface area (Å²) in [5.41, 5.74) is 0. The van der Waals surface area contributed by atoms with Crippen LogP contribution in [0.2, 0.25) is 0 Å². The van der Waals surface area contributed by atoms with Gasteiger partial charge in [-0.2, -0.15) is 0 Å². The van der Waals surface area contributed by atoms with E-state index < -0.39 is 0 Å². The lowest BCUT2D eigenvalue weighted by molar-refractivity contribution is 0.491. The molecule has 0 aliphatic carbocycles. The maximum atomic E-state index is 9.34.